The van der Waals surface area contributed by atoms with E-state index in [4.69, 9.17) is 4.98 Å². The molecule has 4 nitrogen and oxygen atoms in total. The Morgan fingerprint density at radius 3 is 2.46 bits per heavy atom. The maximum absolute atomic E-state index is 13.0. The van der Waals surface area contributed by atoms with E-state index in [1.165, 1.54) is 5.56 Å². The Balaban J connectivity index is 1.94. The second-order valence-corrected chi connectivity index (χ2v) is 7.55. The first-order chi connectivity index (χ1) is 12.5. The molecule has 26 heavy (non-hydrogen) atoms. The predicted octanol–water partition coefficient (Wildman–Crippen LogP) is 4.46. The summed E-state index contributed by atoms with van der Waals surface area (Å²) in [5.41, 5.74) is 3.75. The molecule has 0 fully saturated rings. The van der Waals surface area contributed by atoms with Gasteiger partial charge in [-0.05, 0) is 36.1 Å². The molecular weight excluding hydrogens is 342 g/mol. The first-order valence-corrected chi connectivity index (χ1v) is 9.37. The summed E-state index contributed by atoms with van der Waals surface area (Å²) in [5.74, 6) is 0.666. The van der Waals surface area contributed by atoms with Gasteiger partial charge in [-0.2, -0.15) is 0 Å². The minimum atomic E-state index is -0.0223. The lowest BCUT2D eigenvalue weighted by Crippen LogP contribution is -2.28. The number of rotatable bonds is 5. The number of hydrogen-bond acceptors (Lipinski definition) is 4. The number of amides is 1. The van der Waals surface area contributed by atoms with Crippen LogP contribution in [0.4, 0.5) is 5.82 Å². The molecule has 0 aliphatic carbocycles. The van der Waals surface area contributed by atoms with Crippen LogP contribution in [0.1, 0.15) is 20.8 Å². The van der Waals surface area contributed by atoms with Gasteiger partial charge in [-0.25, -0.2) is 4.98 Å². The summed E-state index contributed by atoms with van der Waals surface area (Å²) in [6, 6.07) is 16.0. The SMILES string of the molecule is Cc1ccccc1-c1ccc(C(=O)N(C)Cc2cccs2)c(N(C)C)n1. The third kappa shape index (κ3) is 3.78. The van der Waals surface area contributed by atoms with Crippen molar-refractivity contribution in [3.05, 3.63) is 69.9 Å². The van der Waals surface area contributed by atoms with Crippen LogP contribution < -0.4 is 4.90 Å². The van der Waals surface area contributed by atoms with Crippen molar-refractivity contribution in [3.63, 3.8) is 0 Å². The molecule has 1 aromatic carbocycles. The van der Waals surface area contributed by atoms with Gasteiger partial charge in [0.1, 0.15) is 5.82 Å². The number of pyridine rings is 1. The third-order valence-corrected chi connectivity index (χ3v) is 5.13. The third-order valence-electron chi connectivity index (χ3n) is 4.27. The van der Waals surface area contributed by atoms with Gasteiger partial charge in [0.05, 0.1) is 17.8 Å². The molecule has 5 heteroatoms. The van der Waals surface area contributed by atoms with Gasteiger partial charge in [-0.1, -0.05) is 30.3 Å². The number of benzene rings is 1. The van der Waals surface area contributed by atoms with E-state index in [0.29, 0.717) is 17.9 Å². The summed E-state index contributed by atoms with van der Waals surface area (Å²) in [4.78, 5) is 22.6. The first-order valence-electron chi connectivity index (χ1n) is 8.49. The van der Waals surface area contributed by atoms with Crippen molar-refractivity contribution in [1.82, 2.24) is 9.88 Å². The van der Waals surface area contributed by atoms with Crippen LogP contribution in [0.5, 0.6) is 0 Å². The molecule has 0 spiro atoms. The Kier molecular flexibility index (Phi) is 5.38. The Hall–Kier alpha value is -2.66. The van der Waals surface area contributed by atoms with Crippen LogP contribution >= 0.6 is 11.3 Å². The standard InChI is InChI=1S/C21H23N3OS/c1-15-8-5-6-10-17(15)19-12-11-18(20(22-19)23(2)3)21(25)24(4)14-16-9-7-13-26-16/h5-13H,14H2,1-4H3. The number of anilines is 1. The fourth-order valence-electron chi connectivity index (χ4n) is 2.88. The van der Waals surface area contributed by atoms with Crippen LogP contribution in [-0.4, -0.2) is 36.9 Å². The van der Waals surface area contributed by atoms with Crippen LogP contribution in [0.25, 0.3) is 11.3 Å². The van der Waals surface area contributed by atoms with Crippen LogP contribution in [0.2, 0.25) is 0 Å². The van der Waals surface area contributed by atoms with E-state index in [2.05, 4.69) is 19.1 Å². The molecule has 134 valence electrons. The minimum Gasteiger partial charge on any atom is -0.362 e. The first kappa shape index (κ1) is 18.1. The van der Waals surface area contributed by atoms with Crippen LogP contribution in [0.3, 0.4) is 0 Å². The molecule has 2 heterocycles. The highest BCUT2D eigenvalue weighted by Crippen LogP contribution is 2.27. The zero-order valence-corrected chi connectivity index (χ0v) is 16.4. The number of aryl methyl sites for hydroxylation is 1. The number of carbonyl (C=O) groups excluding carboxylic acids is 1. The minimum absolute atomic E-state index is 0.0223. The molecule has 3 rings (SSSR count). The van der Waals surface area contributed by atoms with E-state index < -0.39 is 0 Å². The topological polar surface area (TPSA) is 36.4 Å². The molecule has 3 aromatic rings. The van der Waals surface area contributed by atoms with Crippen LogP contribution in [0, 0.1) is 6.92 Å². The highest BCUT2D eigenvalue weighted by atomic mass is 32.1. The Morgan fingerprint density at radius 2 is 1.81 bits per heavy atom. The maximum Gasteiger partial charge on any atom is 0.257 e. The maximum atomic E-state index is 13.0. The average molecular weight is 366 g/mol. The average Bonchev–Trinajstić information content (AvgIpc) is 3.14. The largest absolute Gasteiger partial charge is 0.362 e. The van der Waals surface area contributed by atoms with Crippen molar-refractivity contribution in [3.8, 4) is 11.3 Å². The number of thiophene rings is 1. The predicted molar refractivity (Wildman–Crippen MR) is 109 cm³/mol. The van der Waals surface area contributed by atoms with Crippen molar-refractivity contribution < 1.29 is 4.79 Å². The monoisotopic (exact) mass is 365 g/mol. The summed E-state index contributed by atoms with van der Waals surface area (Å²) in [7, 11) is 5.66. The van der Waals surface area contributed by atoms with E-state index >= 15 is 0 Å². The molecule has 0 atom stereocenters. The molecule has 0 bridgehead atoms. The van der Waals surface area contributed by atoms with E-state index in [1.807, 2.05) is 67.8 Å². The summed E-state index contributed by atoms with van der Waals surface area (Å²) >= 11 is 1.66. The van der Waals surface area contributed by atoms with Gasteiger partial charge in [-0.15, -0.1) is 11.3 Å². The summed E-state index contributed by atoms with van der Waals surface area (Å²) in [6.07, 6.45) is 0. The van der Waals surface area contributed by atoms with Gasteiger partial charge >= 0.3 is 0 Å². The second-order valence-electron chi connectivity index (χ2n) is 6.52. The molecule has 2 aromatic heterocycles. The zero-order chi connectivity index (χ0) is 18.7. The van der Waals surface area contributed by atoms with E-state index in [-0.39, 0.29) is 5.91 Å². The fraction of sp³-hybridized carbons (Fsp3) is 0.238. The van der Waals surface area contributed by atoms with Crippen molar-refractivity contribution in [1.29, 1.82) is 0 Å². The van der Waals surface area contributed by atoms with Crippen LogP contribution in [0.15, 0.2) is 53.9 Å². The van der Waals surface area contributed by atoms with Gasteiger partial charge in [0, 0.05) is 31.6 Å². The van der Waals surface area contributed by atoms with E-state index in [9.17, 15) is 4.79 Å². The number of aromatic nitrogens is 1. The summed E-state index contributed by atoms with van der Waals surface area (Å²) in [5, 5.41) is 2.03. The number of carbonyl (C=O) groups is 1. The molecule has 1 amide bonds. The van der Waals surface area contributed by atoms with Crippen molar-refractivity contribution in [2.24, 2.45) is 0 Å². The number of hydrogen-bond donors (Lipinski definition) is 0. The van der Waals surface area contributed by atoms with E-state index in [0.717, 1.165) is 16.1 Å². The Bertz CT molecular complexity index is 903. The summed E-state index contributed by atoms with van der Waals surface area (Å²) < 4.78 is 0. The molecule has 0 radical (unpaired) electrons. The highest BCUT2D eigenvalue weighted by molar-refractivity contribution is 7.09. The lowest BCUT2D eigenvalue weighted by atomic mass is 10.0. The highest BCUT2D eigenvalue weighted by Gasteiger charge is 2.20. The lowest BCUT2D eigenvalue weighted by Gasteiger charge is -2.21. The molecule has 0 aliphatic heterocycles. The molecule has 0 N–H and O–H groups in total. The van der Waals surface area contributed by atoms with Crippen molar-refractivity contribution in [2.75, 3.05) is 26.0 Å². The van der Waals surface area contributed by atoms with Gasteiger partial charge in [-0.3, -0.25) is 4.79 Å². The van der Waals surface area contributed by atoms with Gasteiger partial charge in [0.15, 0.2) is 0 Å². The zero-order valence-electron chi connectivity index (χ0n) is 15.6. The lowest BCUT2D eigenvalue weighted by molar-refractivity contribution is 0.0787. The molecule has 0 unspecified atom stereocenters. The number of nitrogens with zero attached hydrogens (tertiary/aromatic N) is 3. The van der Waals surface area contributed by atoms with Gasteiger partial charge in [0.2, 0.25) is 0 Å². The van der Waals surface area contributed by atoms with Crippen molar-refractivity contribution in [2.45, 2.75) is 13.5 Å². The van der Waals surface area contributed by atoms with Crippen LogP contribution in [-0.2, 0) is 6.54 Å². The molecule has 0 saturated heterocycles. The van der Waals surface area contributed by atoms with Gasteiger partial charge in [0.25, 0.3) is 5.91 Å². The fourth-order valence-corrected chi connectivity index (χ4v) is 3.64. The normalized spacial score (nSPS) is 10.6. The Morgan fingerprint density at radius 1 is 1.04 bits per heavy atom. The molecule has 0 aliphatic rings. The quantitative estimate of drug-likeness (QED) is 0.670. The summed E-state index contributed by atoms with van der Waals surface area (Å²) in [6.45, 7) is 2.67. The second kappa shape index (κ2) is 7.70. The van der Waals surface area contributed by atoms with Gasteiger partial charge < -0.3 is 9.80 Å². The molecular formula is C21H23N3OS. The smallest absolute Gasteiger partial charge is 0.257 e. The Labute approximate surface area is 158 Å². The molecule has 0 saturated carbocycles. The van der Waals surface area contributed by atoms with Crippen molar-refractivity contribution >= 4 is 23.1 Å². The van der Waals surface area contributed by atoms with E-state index in [1.54, 1.807) is 16.2 Å².